The standard InChI is InChI=1S/C27H32N2O6S/c1-20(23-12-8-9-13-24(23)33-2)28-27(30)19-29(17-16-21-10-6-5-7-11-21)36(31,32)22-14-15-25(34-3)26(18-22)35-4/h5-15,18,20H,16-17,19H2,1-4H3,(H,28,30)/t20-/m1/s1. The van der Waals surface area contributed by atoms with Gasteiger partial charge in [-0.2, -0.15) is 4.31 Å². The van der Waals surface area contributed by atoms with Gasteiger partial charge in [-0.1, -0.05) is 48.5 Å². The van der Waals surface area contributed by atoms with Crippen molar-refractivity contribution in [2.45, 2.75) is 24.3 Å². The molecular weight excluding hydrogens is 480 g/mol. The van der Waals surface area contributed by atoms with Gasteiger partial charge in [-0.05, 0) is 37.1 Å². The van der Waals surface area contributed by atoms with Crippen molar-refractivity contribution in [1.82, 2.24) is 9.62 Å². The SMILES string of the molecule is COc1ccc(S(=O)(=O)N(CCc2ccccc2)CC(=O)N[C@H](C)c2ccccc2OC)cc1OC. The highest BCUT2D eigenvalue weighted by Crippen LogP contribution is 2.31. The first-order valence-corrected chi connectivity index (χ1v) is 12.9. The van der Waals surface area contributed by atoms with Crippen molar-refractivity contribution < 1.29 is 27.4 Å². The zero-order chi connectivity index (χ0) is 26.1. The molecule has 1 atom stereocenters. The summed E-state index contributed by atoms with van der Waals surface area (Å²) in [6.07, 6.45) is 0.447. The third-order valence-electron chi connectivity index (χ3n) is 5.79. The summed E-state index contributed by atoms with van der Waals surface area (Å²) in [5.74, 6) is 0.918. The van der Waals surface area contributed by atoms with E-state index < -0.39 is 15.9 Å². The molecule has 0 aliphatic rings. The van der Waals surface area contributed by atoms with Gasteiger partial charge in [0.1, 0.15) is 5.75 Å². The summed E-state index contributed by atoms with van der Waals surface area (Å²) in [7, 11) is 0.455. The first kappa shape index (κ1) is 27.0. The largest absolute Gasteiger partial charge is 0.496 e. The zero-order valence-electron chi connectivity index (χ0n) is 20.9. The molecule has 0 bridgehead atoms. The van der Waals surface area contributed by atoms with Gasteiger partial charge in [-0.15, -0.1) is 0 Å². The second-order valence-electron chi connectivity index (χ2n) is 8.12. The van der Waals surface area contributed by atoms with Gasteiger partial charge in [0.15, 0.2) is 11.5 Å². The molecule has 0 unspecified atom stereocenters. The first-order chi connectivity index (χ1) is 17.3. The Labute approximate surface area is 212 Å². The van der Waals surface area contributed by atoms with Crippen LogP contribution in [0.25, 0.3) is 0 Å². The molecule has 3 aromatic rings. The Bertz CT molecular complexity index is 1260. The van der Waals surface area contributed by atoms with E-state index in [4.69, 9.17) is 14.2 Å². The van der Waals surface area contributed by atoms with Crippen molar-refractivity contribution in [2.24, 2.45) is 0 Å². The minimum atomic E-state index is -4.02. The molecule has 0 saturated heterocycles. The molecule has 192 valence electrons. The van der Waals surface area contributed by atoms with Crippen LogP contribution in [0.5, 0.6) is 17.2 Å². The minimum absolute atomic E-state index is 0.0128. The lowest BCUT2D eigenvalue weighted by Gasteiger charge is -2.24. The Morgan fingerprint density at radius 2 is 1.50 bits per heavy atom. The van der Waals surface area contributed by atoms with Crippen LogP contribution in [-0.4, -0.2) is 53.0 Å². The zero-order valence-corrected chi connectivity index (χ0v) is 21.7. The van der Waals surface area contributed by atoms with Crippen LogP contribution >= 0.6 is 0 Å². The van der Waals surface area contributed by atoms with Crippen LogP contribution in [-0.2, 0) is 21.2 Å². The molecule has 3 aromatic carbocycles. The summed E-state index contributed by atoms with van der Waals surface area (Å²) in [5, 5.41) is 2.89. The number of amides is 1. The molecule has 1 amide bonds. The third kappa shape index (κ3) is 6.56. The van der Waals surface area contributed by atoms with Gasteiger partial charge in [0, 0.05) is 18.2 Å². The van der Waals surface area contributed by atoms with Crippen LogP contribution in [0.4, 0.5) is 0 Å². The number of hydrogen-bond acceptors (Lipinski definition) is 6. The van der Waals surface area contributed by atoms with Gasteiger partial charge >= 0.3 is 0 Å². The van der Waals surface area contributed by atoms with Crippen LogP contribution in [0.1, 0.15) is 24.1 Å². The summed E-state index contributed by atoms with van der Waals surface area (Å²) in [6.45, 7) is 1.60. The van der Waals surface area contributed by atoms with E-state index in [1.165, 1.54) is 36.7 Å². The second kappa shape index (κ2) is 12.4. The number of rotatable bonds is 12. The third-order valence-corrected chi connectivity index (χ3v) is 7.63. The van der Waals surface area contributed by atoms with Crippen molar-refractivity contribution in [3.63, 3.8) is 0 Å². The Kier molecular flexibility index (Phi) is 9.32. The number of nitrogens with one attached hydrogen (secondary N) is 1. The predicted molar refractivity (Wildman–Crippen MR) is 138 cm³/mol. The van der Waals surface area contributed by atoms with Crippen molar-refractivity contribution >= 4 is 15.9 Å². The van der Waals surface area contributed by atoms with Gasteiger partial charge in [0.2, 0.25) is 15.9 Å². The predicted octanol–water partition coefficient (Wildman–Crippen LogP) is 3.82. The Morgan fingerprint density at radius 3 is 2.17 bits per heavy atom. The van der Waals surface area contributed by atoms with Gasteiger partial charge in [0.25, 0.3) is 0 Å². The lowest BCUT2D eigenvalue weighted by atomic mass is 10.1. The maximum atomic E-state index is 13.6. The molecule has 0 aliphatic heterocycles. The summed E-state index contributed by atoms with van der Waals surface area (Å²) >= 11 is 0. The number of carbonyl (C=O) groups is 1. The van der Waals surface area contributed by atoms with Crippen LogP contribution in [0, 0.1) is 0 Å². The maximum Gasteiger partial charge on any atom is 0.243 e. The molecule has 0 aromatic heterocycles. The van der Waals surface area contributed by atoms with Gasteiger partial charge in [-0.3, -0.25) is 4.79 Å². The Morgan fingerprint density at radius 1 is 0.861 bits per heavy atom. The van der Waals surface area contributed by atoms with E-state index in [0.29, 0.717) is 17.9 Å². The number of hydrogen-bond donors (Lipinski definition) is 1. The number of carbonyl (C=O) groups excluding carboxylic acids is 1. The highest BCUT2D eigenvalue weighted by Gasteiger charge is 2.28. The molecule has 36 heavy (non-hydrogen) atoms. The fraction of sp³-hybridized carbons (Fsp3) is 0.296. The highest BCUT2D eigenvalue weighted by molar-refractivity contribution is 7.89. The first-order valence-electron chi connectivity index (χ1n) is 11.5. The number of benzene rings is 3. The van der Waals surface area contributed by atoms with Gasteiger partial charge in [0.05, 0.1) is 38.8 Å². The van der Waals surface area contributed by atoms with Crippen LogP contribution in [0.15, 0.2) is 77.7 Å². The molecule has 0 heterocycles. The van der Waals surface area contributed by atoms with Crippen LogP contribution < -0.4 is 19.5 Å². The van der Waals surface area contributed by atoms with E-state index in [1.54, 1.807) is 7.11 Å². The fourth-order valence-corrected chi connectivity index (χ4v) is 5.27. The van der Waals surface area contributed by atoms with Crippen molar-refractivity contribution in [1.29, 1.82) is 0 Å². The highest BCUT2D eigenvalue weighted by atomic mass is 32.2. The molecule has 0 aliphatic carbocycles. The summed E-state index contributed by atoms with van der Waals surface area (Å²) in [4.78, 5) is 13.1. The average Bonchev–Trinajstić information content (AvgIpc) is 2.90. The summed E-state index contributed by atoms with van der Waals surface area (Å²) in [5.41, 5.74) is 1.76. The number of para-hydroxylation sites is 1. The number of methoxy groups -OCH3 is 3. The maximum absolute atomic E-state index is 13.6. The summed E-state index contributed by atoms with van der Waals surface area (Å²) in [6, 6.07) is 20.9. The average molecular weight is 513 g/mol. The lowest BCUT2D eigenvalue weighted by molar-refractivity contribution is -0.121. The monoisotopic (exact) mass is 512 g/mol. The Hall–Kier alpha value is -3.56. The van der Waals surface area contributed by atoms with E-state index in [0.717, 1.165) is 11.1 Å². The molecule has 1 N–H and O–H groups in total. The van der Waals surface area contributed by atoms with E-state index in [-0.39, 0.29) is 29.8 Å². The van der Waals surface area contributed by atoms with Gasteiger partial charge in [-0.25, -0.2) is 8.42 Å². The molecule has 0 radical (unpaired) electrons. The number of sulfonamides is 1. The lowest BCUT2D eigenvalue weighted by Crippen LogP contribution is -2.42. The second-order valence-corrected chi connectivity index (χ2v) is 10.1. The van der Waals surface area contributed by atoms with E-state index in [2.05, 4.69) is 5.32 Å². The number of nitrogens with zero attached hydrogens (tertiary/aromatic N) is 1. The smallest absolute Gasteiger partial charge is 0.243 e. The van der Waals surface area contributed by atoms with Crippen molar-refractivity contribution in [3.05, 3.63) is 83.9 Å². The van der Waals surface area contributed by atoms with E-state index >= 15 is 0 Å². The van der Waals surface area contributed by atoms with E-state index in [1.807, 2.05) is 61.5 Å². The number of ether oxygens (including phenoxy) is 3. The molecule has 0 fully saturated rings. The molecular formula is C27H32N2O6S. The van der Waals surface area contributed by atoms with Crippen LogP contribution in [0.3, 0.4) is 0 Å². The van der Waals surface area contributed by atoms with Crippen LogP contribution in [0.2, 0.25) is 0 Å². The van der Waals surface area contributed by atoms with Gasteiger partial charge < -0.3 is 19.5 Å². The quantitative estimate of drug-likeness (QED) is 0.397. The molecule has 9 heteroatoms. The molecule has 0 saturated carbocycles. The Balaban J connectivity index is 1.85. The summed E-state index contributed by atoms with van der Waals surface area (Å²) < 4.78 is 44.4. The molecule has 3 rings (SSSR count). The normalized spacial score (nSPS) is 12.1. The van der Waals surface area contributed by atoms with E-state index in [9.17, 15) is 13.2 Å². The topological polar surface area (TPSA) is 94.2 Å². The molecule has 0 spiro atoms. The molecule has 8 nitrogen and oxygen atoms in total. The fourth-order valence-electron chi connectivity index (χ4n) is 3.86. The van der Waals surface area contributed by atoms with Crippen molar-refractivity contribution in [2.75, 3.05) is 34.4 Å². The minimum Gasteiger partial charge on any atom is -0.496 e. The van der Waals surface area contributed by atoms with Crippen molar-refractivity contribution in [3.8, 4) is 17.2 Å².